The van der Waals surface area contributed by atoms with Crippen molar-refractivity contribution in [3.05, 3.63) is 53.6 Å². The third-order valence-electron chi connectivity index (χ3n) is 3.65. The van der Waals surface area contributed by atoms with Gasteiger partial charge in [-0.25, -0.2) is 0 Å². The molecule has 2 aromatic carbocycles. The minimum atomic E-state index is -0.251. The molecule has 0 heterocycles. The Bertz CT molecular complexity index is 734. The number of nitrogens with zero attached hydrogens (tertiary/aromatic N) is 1. The van der Waals surface area contributed by atoms with Crippen LogP contribution < -0.4 is 15.0 Å². The maximum absolute atomic E-state index is 12.3. The van der Waals surface area contributed by atoms with Crippen molar-refractivity contribution < 1.29 is 14.3 Å². The van der Waals surface area contributed by atoms with Gasteiger partial charge in [-0.2, -0.15) is 0 Å². The van der Waals surface area contributed by atoms with E-state index in [1.54, 1.807) is 24.3 Å². The highest BCUT2D eigenvalue weighted by Gasteiger charge is 2.16. The zero-order valence-electron chi connectivity index (χ0n) is 15.1. The second kappa shape index (κ2) is 8.33. The molecule has 0 aromatic heterocycles. The lowest BCUT2D eigenvalue weighted by Crippen LogP contribution is -2.36. The standard InChI is InChI=1S/C20H24N2O3/c1-5-25-19-8-6-17(7-9-19)21-20(24)13-22(16(4)23)18-11-14(2)10-15(3)12-18/h6-12H,5,13H2,1-4H3,(H,21,24). The lowest BCUT2D eigenvalue weighted by Gasteiger charge is -2.21. The molecule has 0 aliphatic rings. The predicted octanol–water partition coefficient (Wildman–Crippen LogP) is 3.69. The summed E-state index contributed by atoms with van der Waals surface area (Å²) in [5.41, 5.74) is 3.49. The van der Waals surface area contributed by atoms with Crippen molar-refractivity contribution in [1.82, 2.24) is 0 Å². The zero-order valence-corrected chi connectivity index (χ0v) is 15.1. The number of amides is 2. The van der Waals surface area contributed by atoms with Crippen LogP contribution in [0.4, 0.5) is 11.4 Å². The van der Waals surface area contributed by atoms with Gasteiger partial charge in [-0.15, -0.1) is 0 Å². The molecule has 1 N–H and O–H groups in total. The summed E-state index contributed by atoms with van der Waals surface area (Å²) >= 11 is 0. The highest BCUT2D eigenvalue weighted by atomic mass is 16.5. The number of ether oxygens (including phenoxy) is 1. The lowest BCUT2D eigenvalue weighted by molar-refractivity contribution is -0.120. The Hall–Kier alpha value is -2.82. The minimum absolute atomic E-state index is 0.0363. The topological polar surface area (TPSA) is 58.6 Å². The molecule has 0 aliphatic carbocycles. The molecule has 0 radical (unpaired) electrons. The minimum Gasteiger partial charge on any atom is -0.494 e. The number of rotatable bonds is 6. The van der Waals surface area contributed by atoms with Crippen molar-refractivity contribution in [3.8, 4) is 5.75 Å². The smallest absolute Gasteiger partial charge is 0.244 e. The molecule has 0 fully saturated rings. The van der Waals surface area contributed by atoms with Crippen LogP contribution in [-0.2, 0) is 9.59 Å². The number of carbonyl (C=O) groups is 2. The maximum Gasteiger partial charge on any atom is 0.244 e. The fourth-order valence-electron chi connectivity index (χ4n) is 2.64. The van der Waals surface area contributed by atoms with Gasteiger partial charge >= 0.3 is 0 Å². The summed E-state index contributed by atoms with van der Waals surface area (Å²) in [4.78, 5) is 25.8. The molecule has 0 saturated heterocycles. The van der Waals surface area contributed by atoms with Gasteiger partial charge in [-0.3, -0.25) is 9.59 Å². The Morgan fingerprint density at radius 3 is 2.16 bits per heavy atom. The first-order valence-corrected chi connectivity index (χ1v) is 8.28. The molecule has 0 aliphatic heterocycles. The van der Waals surface area contributed by atoms with Gasteiger partial charge in [0.2, 0.25) is 11.8 Å². The zero-order chi connectivity index (χ0) is 18.4. The van der Waals surface area contributed by atoms with Crippen LogP contribution in [-0.4, -0.2) is 25.0 Å². The number of hydrogen-bond donors (Lipinski definition) is 1. The van der Waals surface area contributed by atoms with Crippen molar-refractivity contribution in [1.29, 1.82) is 0 Å². The Balaban J connectivity index is 2.08. The second-order valence-corrected chi connectivity index (χ2v) is 5.96. The van der Waals surface area contributed by atoms with E-state index in [0.717, 1.165) is 22.6 Å². The van der Waals surface area contributed by atoms with E-state index in [2.05, 4.69) is 5.32 Å². The molecule has 0 unspecified atom stereocenters. The predicted molar refractivity (Wildman–Crippen MR) is 100 cm³/mol. The van der Waals surface area contributed by atoms with E-state index >= 15 is 0 Å². The first kappa shape index (κ1) is 18.5. The van der Waals surface area contributed by atoms with E-state index in [4.69, 9.17) is 4.74 Å². The Morgan fingerprint density at radius 1 is 1.04 bits per heavy atom. The molecule has 0 atom stereocenters. The van der Waals surface area contributed by atoms with E-state index in [0.29, 0.717) is 12.3 Å². The molecular weight excluding hydrogens is 316 g/mol. The molecule has 2 amide bonds. The Morgan fingerprint density at radius 2 is 1.64 bits per heavy atom. The summed E-state index contributed by atoms with van der Waals surface area (Å²) in [6.45, 7) is 7.87. The summed E-state index contributed by atoms with van der Waals surface area (Å²) in [6.07, 6.45) is 0. The largest absolute Gasteiger partial charge is 0.494 e. The normalized spacial score (nSPS) is 10.2. The molecule has 0 spiro atoms. The van der Waals surface area contributed by atoms with Gasteiger partial charge in [0.15, 0.2) is 0 Å². The maximum atomic E-state index is 12.3. The molecule has 2 rings (SSSR count). The van der Waals surface area contributed by atoms with E-state index in [1.807, 2.05) is 39.0 Å². The van der Waals surface area contributed by atoms with Gasteiger partial charge in [0, 0.05) is 18.3 Å². The first-order valence-electron chi connectivity index (χ1n) is 8.28. The van der Waals surface area contributed by atoms with Crippen LogP contribution in [0.2, 0.25) is 0 Å². The molecule has 0 saturated carbocycles. The monoisotopic (exact) mass is 340 g/mol. The Kier molecular flexibility index (Phi) is 6.17. The first-order chi connectivity index (χ1) is 11.9. The highest BCUT2D eigenvalue weighted by molar-refractivity contribution is 6.01. The average Bonchev–Trinajstić information content (AvgIpc) is 2.53. The molecule has 2 aromatic rings. The molecular formula is C20H24N2O3. The number of nitrogens with one attached hydrogen (secondary N) is 1. The second-order valence-electron chi connectivity index (χ2n) is 5.96. The van der Waals surface area contributed by atoms with Crippen LogP contribution in [0.15, 0.2) is 42.5 Å². The van der Waals surface area contributed by atoms with Crippen LogP contribution in [0.25, 0.3) is 0 Å². The highest BCUT2D eigenvalue weighted by Crippen LogP contribution is 2.20. The van der Waals surface area contributed by atoms with Crippen LogP contribution in [0.5, 0.6) is 5.75 Å². The number of anilines is 2. The van der Waals surface area contributed by atoms with Crippen molar-refractivity contribution in [2.24, 2.45) is 0 Å². The average molecular weight is 340 g/mol. The molecule has 5 heteroatoms. The molecule has 0 bridgehead atoms. The summed E-state index contributed by atoms with van der Waals surface area (Å²) in [5, 5.41) is 2.81. The van der Waals surface area contributed by atoms with Crippen molar-refractivity contribution >= 4 is 23.2 Å². The quantitative estimate of drug-likeness (QED) is 0.872. The van der Waals surface area contributed by atoms with E-state index in [-0.39, 0.29) is 18.4 Å². The molecule has 132 valence electrons. The van der Waals surface area contributed by atoms with E-state index < -0.39 is 0 Å². The van der Waals surface area contributed by atoms with Crippen LogP contribution in [0.3, 0.4) is 0 Å². The number of carbonyl (C=O) groups excluding carboxylic acids is 2. The number of hydrogen-bond acceptors (Lipinski definition) is 3. The number of aryl methyl sites for hydroxylation is 2. The third kappa shape index (κ3) is 5.35. The molecule has 25 heavy (non-hydrogen) atoms. The van der Waals surface area contributed by atoms with E-state index in [9.17, 15) is 9.59 Å². The number of benzene rings is 2. The van der Waals surface area contributed by atoms with Gasteiger partial charge in [0.25, 0.3) is 0 Å². The fourth-order valence-corrected chi connectivity index (χ4v) is 2.64. The van der Waals surface area contributed by atoms with Crippen molar-refractivity contribution in [2.45, 2.75) is 27.7 Å². The third-order valence-corrected chi connectivity index (χ3v) is 3.65. The van der Waals surface area contributed by atoms with Crippen molar-refractivity contribution in [2.75, 3.05) is 23.4 Å². The lowest BCUT2D eigenvalue weighted by atomic mass is 10.1. The SMILES string of the molecule is CCOc1ccc(NC(=O)CN(C(C)=O)c2cc(C)cc(C)c2)cc1. The van der Waals surface area contributed by atoms with Gasteiger partial charge < -0.3 is 15.0 Å². The molecule has 5 nitrogen and oxygen atoms in total. The van der Waals surface area contributed by atoms with Gasteiger partial charge in [-0.05, 0) is 68.3 Å². The van der Waals surface area contributed by atoms with Gasteiger partial charge in [0.1, 0.15) is 12.3 Å². The van der Waals surface area contributed by atoms with Crippen LogP contribution in [0, 0.1) is 13.8 Å². The van der Waals surface area contributed by atoms with Gasteiger partial charge in [-0.1, -0.05) is 6.07 Å². The fraction of sp³-hybridized carbons (Fsp3) is 0.300. The van der Waals surface area contributed by atoms with Crippen LogP contribution >= 0.6 is 0 Å². The summed E-state index contributed by atoms with van der Waals surface area (Å²) in [5.74, 6) is 0.325. The van der Waals surface area contributed by atoms with Gasteiger partial charge in [0.05, 0.1) is 6.61 Å². The summed E-state index contributed by atoms with van der Waals surface area (Å²) < 4.78 is 5.38. The summed E-state index contributed by atoms with van der Waals surface area (Å²) in [7, 11) is 0. The summed E-state index contributed by atoms with van der Waals surface area (Å²) in [6, 6.07) is 13.0. The van der Waals surface area contributed by atoms with E-state index in [1.165, 1.54) is 11.8 Å². The Labute approximate surface area is 148 Å². The van der Waals surface area contributed by atoms with Crippen LogP contribution in [0.1, 0.15) is 25.0 Å². The van der Waals surface area contributed by atoms with Crippen molar-refractivity contribution in [3.63, 3.8) is 0 Å².